The largest absolute Gasteiger partial charge is 0.367 e. The lowest BCUT2D eigenvalue weighted by Crippen LogP contribution is -1.71. The summed E-state index contributed by atoms with van der Waals surface area (Å²) in [5.41, 5.74) is 1.34. The Kier molecular flexibility index (Phi) is 2.13. The fourth-order valence-corrected chi connectivity index (χ4v) is 0.739. The van der Waals surface area contributed by atoms with Crippen molar-refractivity contribution >= 4 is 0 Å². The number of rotatable bonds is 2. The second kappa shape index (κ2) is 3.13. The van der Waals surface area contributed by atoms with Crippen molar-refractivity contribution < 1.29 is 0 Å². The predicted octanol–water partition coefficient (Wildman–Crippen LogP) is 2.13. The van der Waals surface area contributed by atoms with E-state index < -0.39 is 0 Å². The Balaban J connectivity index is 2.48. The van der Waals surface area contributed by atoms with Crippen LogP contribution in [0.4, 0.5) is 0 Å². The molecule has 1 nitrogen and oxygen atoms in total. The van der Waals surface area contributed by atoms with Gasteiger partial charge in [0.1, 0.15) is 0 Å². The van der Waals surface area contributed by atoms with Crippen molar-refractivity contribution in [1.29, 1.82) is 0 Å². The van der Waals surface area contributed by atoms with Gasteiger partial charge in [-0.1, -0.05) is 12.2 Å². The van der Waals surface area contributed by atoms with E-state index in [9.17, 15) is 0 Å². The second-order valence-corrected chi connectivity index (χ2v) is 1.99. The third-order valence-electron chi connectivity index (χ3n) is 1.25. The Bertz CT molecular complexity index is 172. The van der Waals surface area contributed by atoms with Gasteiger partial charge in [-0.05, 0) is 25.0 Å². The molecule has 48 valence electrons. The van der Waals surface area contributed by atoms with Crippen molar-refractivity contribution in [2.45, 2.75) is 13.3 Å². The summed E-state index contributed by atoms with van der Waals surface area (Å²) in [7, 11) is 0. The molecule has 9 heavy (non-hydrogen) atoms. The molecule has 1 N–H and O–H groups in total. The summed E-state index contributed by atoms with van der Waals surface area (Å²) in [5.74, 6) is 0. The molecule has 0 aliphatic carbocycles. The zero-order valence-corrected chi connectivity index (χ0v) is 5.59. The van der Waals surface area contributed by atoms with E-state index in [0.717, 1.165) is 6.42 Å². The van der Waals surface area contributed by atoms with Gasteiger partial charge in [0.15, 0.2) is 0 Å². The molecule has 0 radical (unpaired) electrons. The first-order valence-corrected chi connectivity index (χ1v) is 3.16. The van der Waals surface area contributed by atoms with Gasteiger partial charge in [0, 0.05) is 12.4 Å². The second-order valence-electron chi connectivity index (χ2n) is 1.99. The van der Waals surface area contributed by atoms with Gasteiger partial charge < -0.3 is 4.98 Å². The van der Waals surface area contributed by atoms with E-state index in [1.165, 1.54) is 5.56 Å². The molecule has 1 aromatic rings. The van der Waals surface area contributed by atoms with Gasteiger partial charge in [-0.15, -0.1) is 0 Å². The molecule has 0 saturated heterocycles. The van der Waals surface area contributed by atoms with Crippen molar-refractivity contribution in [1.82, 2.24) is 4.98 Å². The Morgan fingerprint density at radius 2 is 2.56 bits per heavy atom. The Morgan fingerprint density at radius 3 is 3.11 bits per heavy atom. The molecule has 0 bridgehead atoms. The summed E-state index contributed by atoms with van der Waals surface area (Å²) in [5, 5.41) is 0. The van der Waals surface area contributed by atoms with Gasteiger partial charge in [-0.25, -0.2) is 0 Å². The van der Waals surface area contributed by atoms with Crippen molar-refractivity contribution in [3.8, 4) is 0 Å². The van der Waals surface area contributed by atoms with Crippen LogP contribution in [-0.2, 0) is 6.42 Å². The first-order valence-electron chi connectivity index (χ1n) is 3.16. The molecule has 0 aliphatic heterocycles. The number of aromatic amines is 1. The lowest BCUT2D eigenvalue weighted by atomic mass is 10.2. The molecular formula is C8H11N. The number of allylic oxidation sites excluding steroid dienone is 2. The van der Waals surface area contributed by atoms with Gasteiger partial charge in [0.05, 0.1) is 0 Å². The van der Waals surface area contributed by atoms with Crippen LogP contribution >= 0.6 is 0 Å². The minimum absolute atomic E-state index is 1.04. The summed E-state index contributed by atoms with van der Waals surface area (Å²) in [6, 6.07) is 2.08. The summed E-state index contributed by atoms with van der Waals surface area (Å²) in [4.78, 5) is 3.00. The highest BCUT2D eigenvalue weighted by Gasteiger charge is 1.84. The van der Waals surface area contributed by atoms with Crippen molar-refractivity contribution in [3.05, 3.63) is 36.2 Å². The van der Waals surface area contributed by atoms with Crippen molar-refractivity contribution in [3.63, 3.8) is 0 Å². The van der Waals surface area contributed by atoms with E-state index in [1.807, 2.05) is 19.3 Å². The topological polar surface area (TPSA) is 15.8 Å². The summed E-state index contributed by atoms with van der Waals surface area (Å²) >= 11 is 0. The van der Waals surface area contributed by atoms with Crippen LogP contribution in [0.3, 0.4) is 0 Å². The standard InChI is InChI=1S/C8H11N/c1-2-3-4-8-5-6-9-7-8/h2-3,5-7,9H,4H2,1H3/b3-2-. The number of hydrogen-bond donors (Lipinski definition) is 1. The average Bonchev–Trinajstić information content (AvgIpc) is 2.34. The maximum Gasteiger partial charge on any atom is 0.00405 e. The molecule has 0 fully saturated rings. The van der Waals surface area contributed by atoms with Gasteiger partial charge in [-0.3, -0.25) is 0 Å². The van der Waals surface area contributed by atoms with Crippen LogP contribution in [0.1, 0.15) is 12.5 Å². The predicted molar refractivity (Wildman–Crippen MR) is 39.3 cm³/mol. The molecule has 1 heterocycles. The smallest absolute Gasteiger partial charge is 0.00405 e. The van der Waals surface area contributed by atoms with E-state index in [4.69, 9.17) is 0 Å². The zero-order chi connectivity index (χ0) is 6.53. The normalized spacial score (nSPS) is 10.8. The van der Waals surface area contributed by atoms with Crippen LogP contribution in [0.25, 0.3) is 0 Å². The Hall–Kier alpha value is -0.980. The lowest BCUT2D eigenvalue weighted by molar-refractivity contribution is 1.26. The average molecular weight is 121 g/mol. The molecule has 0 unspecified atom stereocenters. The molecule has 0 amide bonds. The van der Waals surface area contributed by atoms with Crippen LogP contribution in [0.15, 0.2) is 30.6 Å². The molecule has 1 rings (SSSR count). The summed E-state index contributed by atoms with van der Waals surface area (Å²) in [6.45, 7) is 2.03. The van der Waals surface area contributed by atoms with Crippen molar-refractivity contribution in [2.75, 3.05) is 0 Å². The van der Waals surface area contributed by atoms with Crippen LogP contribution in [0, 0.1) is 0 Å². The maximum atomic E-state index is 3.00. The minimum Gasteiger partial charge on any atom is -0.367 e. The van der Waals surface area contributed by atoms with Gasteiger partial charge in [-0.2, -0.15) is 0 Å². The highest BCUT2D eigenvalue weighted by Crippen LogP contribution is 1.97. The van der Waals surface area contributed by atoms with Crippen LogP contribution in [0.5, 0.6) is 0 Å². The third kappa shape index (κ3) is 1.76. The number of hydrogen-bond acceptors (Lipinski definition) is 0. The Morgan fingerprint density at radius 1 is 1.67 bits per heavy atom. The van der Waals surface area contributed by atoms with Gasteiger partial charge in [0.25, 0.3) is 0 Å². The van der Waals surface area contributed by atoms with Crippen LogP contribution < -0.4 is 0 Å². The number of nitrogens with one attached hydrogen (secondary N) is 1. The van der Waals surface area contributed by atoms with Crippen LogP contribution in [0.2, 0.25) is 0 Å². The molecule has 0 saturated carbocycles. The molecule has 0 aliphatic rings. The van der Waals surface area contributed by atoms with E-state index in [0.29, 0.717) is 0 Å². The minimum atomic E-state index is 1.04. The molecular weight excluding hydrogens is 110 g/mol. The fraction of sp³-hybridized carbons (Fsp3) is 0.250. The number of H-pyrrole nitrogens is 1. The van der Waals surface area contributed by atoms with E-state index in [-0.39, 0.29) is 0 Å². The maximum absolute atomic E-state index is 3.00. The van der Waals surface area contributed by atoms with E-state index >= 15 is 0 Å². The fourth-order valence-electron chi connectivity index (χ4n) is 0.739. The summed E-state index contributed by atoms with van der Waals surface area (Å²) < 4.78 is 0. The Labute approximate surface area is 55.4 Å². The highest BCUT2D eigenvalue weighted by atomic mass is 14.6. The zero-order valence-electron chi connectivity index (χ0n) is 5.59. The monoisotopic (exact) mass is 121 g/mol. The van der Waals surface area contributed by atoms with Crippen LogP contribution in [-0.4, -0.2) is 4.98 Å². The molecule has 1 heteroatoms. The first kappa shape index (κ1) is 6.14. The highest BCUT2D eigenvalue weighted by molar-refractivity contribution is 5.11. The first-order chi connectivity index (χ1) is 4.43. The molecule has 0 atom stereocenters. The van der Waals surface area contributed by atoms with Crippen molar-refractivity contribution in [2.24, 2.45) is 0 Å². The SMILES string of the molecule is C/C=C\Cc1cc[nH]c1. The molecule has 0 aromatic carbocycles. The van der Waals surface area contributed by atoms with Gasteiger partial charge >= 0.3 is 0 Å². The third-order valence-corrected chi connectivity index (χ3v) is 1.25. The number of aromatic nitrogens is 1. The summed E-state index contributed by atoms with van der Waals surface area (Å²) in [6.07, 6.45) is 9.20. The van der Waals surface area contributed by atoms with E-state index in [1.54, 1.807) is 0 Å². The quantitative estimate of drug-likeness (QED) is 0.577. The van der Waals surface area contributed by atoms with E-state index in [2.05, 4.69) is 23.2 Å². The molecule has 0 spiro atoms. The molecule has 1 aromatic heterocycles. The lowest BCUT2D eigenvalue weighted by Gasteiger charge is -1.83. The van der Waals surface area contributed by atoms with Gasteiger partial charge in [0.2, 0.25) is 0 Å².